The first kappa shape index (κ1) is 11.8. The summed E-state index contributed by atoms with van der Waals surface area (Å²) >= 11 is 3.32. The van der Waals surface area contributed by atoms with Gasteiger partial charge in [0, 0.05) is 11.1 Å². The van der Waals surface area contributed by atoms with Crippen LogP contribution in [0.2, 0.25) is 0 Å². The van der Waals surface area contributed by atoms with Gasteiger partial charge in [0.25, 0.3) is 0 Å². The molecule has 0 N–H and O–H groups in total. The predicted molar refractivity (Wildman–Crippen MR) is 65.8 cm³/mol. The lowest BCUT2D eigenvalue weighted by molar-refractivity contribution is 0.175. The first-order valence-electron chi connectivity index (χ1n) is 4.88. The van der Waals surface area contributed by atoms with E-state index in [1.54, 1.807) is 24.3 Å². The minimum Gasteiger partial charge on any atom is -0.376 e. The SMILES string of the molecule is CCOCC1=Cc2cc(Br)ccc2S1(=O)=O. The summed E-state index contributed by atoms with van der Waals surface area (Å²) in [5, 5.41) is 0. The van der Waals surface area contributed by atoms with Crippen LogP contribution in [0, 0.1) is 0 Å². The average molecular weight is 303 g/mol. The zero-order valence-corrected chi connectivity index (χ0v) is 11.1. The number of halogens is 1. The molecule has 0 bridgehead atoms. The van der Waals surface area contributed by atoms with Crippen molar-refractivity contribution in [1.29, 1.82) is 0 Å². The third-order valence-corrected chi connectivity index (χ3v) is 4.74. The normalized spacial score (nSPS) is 17.0. The van der Waals surface area contributed by atoms with Crippen molar-refractivity contribution in [2.45, 2.75) is 11.8 Å². The highest BCUT2D eigenvalue weighted by Crippen LogP contribution is 2.34. The lowest BCUT2D eigenvalue weighted by Gasteiger charge is -2.03. The number of fused-ring (bicyclic) bond motifs is 1. The number of sulfone groups is 1. The molecule has 5 heteroatoms. The van der Waals surface area contributed by atoms with Crippen LogP contribution in [0.5, 0.6) is 0 Å². The van der Waals surface area contributed by atoms with E-state index in [9.17, 15) is 8.42 Å². The molecule has 1 aliphatic rings. The molecule has 0 fully saturated rings. The molecule has 1 aromatic rings. The molecule has 3 nitrogen and oxygen atoms in total. The van der Waals surface area contributed by atoms with Crippen molar-refractivity contribution in [2.24, 2.45) is 0 Å². The highest BCUT2D eigenvalue weighted by Gasteiger charge is 2.29. The predicted octanol–water partition coefficient (Wildman–Crippen LogP) is 2.61. The topological polar surface area (TPSA) is 43.4 Å². The van der Waals surface area contributed by atoms with Gasteiger partial charge in [0.1, 0.15) is 0 Å². The number of ether oxygens (including phenoxy) is 1. The second-order valence-corrected chi connectivity index (χ2v) is 6.32. The fourth-order valence-corrected chi connectivity index (χ4v) is 3.45. The van der Waals surface area contributed by atoms with E-state index in [0.29, 0.717) is 16.4 Å². The molecule has 2 rings (SSSR count). The summed E-state index contributed by atoms with van der Waals surface area (Å²) in [5.41, 5.74) is 0.726. The summed E-state index contributed by atoms with van der Waals surface area (Å²) in [7, 11) is -3.32. The minimum atomic E-state index is -3.32. The van der Waals surface area contributed by atoms with Crippen molar-refractivity contribution in [3.8, 4) is 0 Å². The largest absolute Gasteiger partial charge is 0.376 e. The fraction of sp³-hybridized carbons (Fsp3) is 0.273. The molecule has 0 aliphatic carbocycles. The van der Waals surface area contributed by atoms with Crippen LogP contribution in [0.25, 0.3) is 6.08 Å². The van der Waals surface area contributed by atoms with Gasteiger partial charge in [0.05, 0.1) is 16.4 Å². The maximum atomic E-state index is 12.0. The maximum Gasteiger partial charge on any atom is 0.205 e. The van der Waals surface area contributed by atoms with Gasteiger partial charge in [-0.05, 0) is 36.8 Å². The average Bonchev–Trinajstić information content (AvgIpc) is 2.47. The lowest BCUT2D eigenvalue weighted by atomic mass is 10.2. The minimum absolute atomic E-state index is 0.144. The van der Waals surface area contributed by atoms with Gasteiger partial charge < -0.3 is 4.74 Å². The third-order valence-electron chi connectivity index (χ3n) is 2.37. The van der Waals surface area contributed by atoms with Crippen LogP contribution in [-0.4, -0.2) is 21.6 Å². The number of rotatable bonds is 3. The van der Waals surface area contributed by atoms with E-state index in [4.69, 9.17) is 4.74 Å². The molecule has 0 saturated carbocycles. The van der Waals surface area contributed by atoms with Crippen LogP contribution in [0.3, 0.4) is 0 Å². The van der Waals surface area contributed by atoms with Crippen molar-refractivity contribution < 1.29 is 13.2 Å². The molecule has 0 aromatic heterocycles. The summed E-state index contributed by atoms with van der Waals surface area (Å²) in [5.74, 6) is 0. The molecule has 0 amide bonds. The van der Waals surface area contributed by atoms with E-state index in [-0.39, 0.29) is 6.61 Å². The molecular formula is C11H11BrO3S. The van der Waals surface area contributed by atoms with E-state index in [1.807, 2.05) is 6.92 Å². The van der Waals surface area contributed by atoms with Gasteiger partial charge in [-0.15, -0.1) is 0 Å². The van der Waals surface area contributed by atoms with Gasteiger partial charge in [-0.1, -0.05) is 15.9 Å². The second-order valence-electron chi connectivity index (χ2n) is 3.43. The Morgan fingerprint density at radius 2 is 2.12 bits per heavy atom. The van der Waals surface area contributed by atoms with Crippen LogP contribution in [-0.2, 0) is 14.6 Å². The van der Waals surface area contributed by atoms with E-state index < -0.39 is 9.84 Å². The van der Waals surface area contributed by atoms with Crippen LogP contribution in [0.15, 0.2) is 32.5 Å². The van der Waals surface area contributed by atoms with Crippen LogP contribution >= 0.6 is 15.9 Å². The lowest BCUT2D eigenvalue weighted by Crippen LogP contribution is -2.06. The van der Waals surface area contributed by atoms with Crippen LogP contribution in [0.4, 0.5) is 0 Å². The van der Waals surface area contributed by atoms with E-state index in [2.05, 4.69) is 15.9 Å². The summed E-state index contributed by atoms with van der Waals surface area (Å²) in [4.78, 5) is 0.702. The monoisotopic (exact) mass is 302 g/mol. The molecule has 86 valence electrons. The quantitative estimate of drug-likeness (QED) is 0.862. The Bertz CT molecular complexity index is 546. The molecule has 0 unspecified atom stereocenters. The Kier molecular flexibility index (Phi) is 3.19. The van der Waals surface area contributed by atoms with Crippen molar-refractivity contribution in [2.75, 3.05) is 13.2 Å². The summed E-state index contributed by atoms with van der Waals surface area (Å²) < 4.78 is 30.1. The highest BCUT2D eigenvalue weighted by atomic mass is 79.9. The Hall–Kier alpha value is -0.650. The van der Waals surface area contributed by atoms with Gasteiger partial charge in [0.15, 0.2) is 0 Å². The molecule has 0 spiro atoms. The second kappa shape index (κ2) is 4.31. The molecule has 1 aromatic carbocycles. The summed E-state index contributed by atoms with van der Waals surface area (Å²) in [6, 6.07) is 5.14. The van der Waals surface area contributed by atoms with Gasteiger partial charge in [0.2, 0.25) is 9.84 Å². The van der Waals surface area contributed by atoms with Gasteiger partial charge in [-0.25, -0.2) is 8.42 Å². The van der Waals surface area contributed by atoms with Gasteiger partial charge in [-0.2, -0.15) is 0 Å². The third kappa shape index (κ3) is 1.95. The van der Waals surface area contributed by atoms with E-state index >= 15 is 0 Å². The summed E-state index contributed by atoms with van der Waals surface area (Å²) in [6.45, 7) is 2.49. The van der Waals surface area contributed by atoms with Crippen LogP contribution in [0.1, 0.15) is 12.5 Å². The standard InChI is InChI=1S/C11H11BrO3S/c1-2-15-7-10-6-8-5-9(12)3-4-11(8)16(10,13)14/h3-6H,2,7H2,1H3. The van der Waals surface area contributed by atoms with Crippen molar-refractivity contribution in [3.63, 3.8) is 0 Å². The molecule has 1 aliphatic heterocycles. The molecule has 0 radical (unpaired) electrons. The van der Waals surface area contributed by atoms with Crippen molar-refractivity contribution in [3.05, 3.63) is 33.1 Å². The molecular weight excluding hydrogens is 292 g/mol. The summed E-state index contributed by atoms with van der Waals surface area (Å²) in [6.07, 6.45) is 1.67. The Balaban J connectivity index is 2.44. The fourth-order valence-electron chi connectivity index (χ4n) is 1.59. The molecule has 16 heavy (non-hydrogen) atoms. The Morgan fingerprint density at radius 3 is 2.81 bits per heavy atom. The number of hydrogen-bond donors (Lipinski definition) is 0. The van der Waals surface area contributed by atoms with Crippen LogP contribution < -0.4 is 0 Å². The maximum absolute atomic E-state index is 12.0. The van der Waals surface area contributed by atoms with Gasteiger partial charge >= 0.3 is 0 Å². The molecule has 1 heterocycles. The smallest absolute Gasteiger partial charge is 0.205 e. The van der Waals surface area contributed by atoms with Gasteiger partial charge in [-0.3, -0.25) is 0 Å². The highest BCUT2D eigenvalue weighted by molar-refractivity contribution is 9.10. The zero-order valence-electron chi connectivity index (χ0n) is 8.73. The molecule has 0 atom stereocenters. The first-order valence-corrected chi connectivity index (χ1v) is 7.16. The number of hydrogen-bond acceptors (Lipinski definition) is 3. The Labute approximate surface area is 103 Å². The van der Waals surface area contributed by atoms with E-state index in [1.165, 1.54) is 0 Å². The first-order chi connectivity index (χ1) is 7.55. The van der Waals surface area contributed by atoms with Crippen molar-refractivity contribution in [1.82, 2.24) is 0 Å². The zero-order chi connectivity index (χ0) is 11.8. The Morgan fingerprint density at radius 1 is 1.38 bits per heavy atom. The molecule has 0 saturated heterocycles. The number of benzene rings is 1. The van der Waals surface area contributed by atoms with Crippen molar-refractivity contribution >= 4 is 31.8 Å². The van der Waals surface area contributed by atoms with E-state index in [0.717, 1.165) is 10.0 Å².